The van der Waals surface area contributed by atoms with E-state index in [1.54, 1.807) is 19.2 Å². The predicted molar refractivity (Wildman–Crippen MR) is 140 cm³/mol. The van der Waals surface area contributed by atoms with E-state index in [1.807, 2.05) is 60.4 Å². The number of benzene rings is 3. The fraction of sp³-hybridized carbons (Fsp3) is 0.296. The minimum absolute atomic E-state index is 0.0370. The highest BCUT2D eigenvalue weighted by atomic mass is 32.2. The molecule has 8 nitrogen and oxygen atoms in total. The third-order valence-corrected chi connectivity index (χ3v) is 7.53. The van der Waals surface area contributed by atoms with Gasteiger partial charge < -0.3 is 15.8 Å². The number of nitrogens with one attached hydrogen (secondary N) is 1. The second-order valence-electron chi connectivity index (χ2n) is 9.17. The summed E-state index contributed by atoms with van der Waals surface area (Å²) in [5.41, 5.74) is 9.16. The Morgan fingerprint density at radius 2 is 1.61 bits per heavy atom. The summed E-state index contributed by atoms with van der Waals surface area (Å²) in [6.07, 6.45) is 3.46. The quantitative estimate of drug-likeness (QED) is 0.441. The highest BCUT2D eigenvalue weighted by molar-refractivity contribution is 7.85. The molecule has 1 spiro atoms. The number of ether oxygens (including phenoxy) is 1. The van der Waals surface area contributed by atoms with Crippen LogP contribution in [-0.2, 0) is 10.1 Å². The van der Waals surface area contributed by atoms with Crippen molar-refractivity contribution in [1.29, 1.82) is 0 Å². The Bertz CT molecular complexity index is 1320. The first-order valence-corrected chi connectivity index (χ1v) is 13.2. The Hall–Kier alpha value is -3.40. The molecule has 0 saturated heterocycles. The summed E-state index contributed by atoms with van der Waals surface area (Å²) < 4.78 is 34.8. The van der Waals surface area contributed by atoms with Crippen molar-refractivity contribution in [2.75, 3.05) is 17.3 Å². The molecule has 1 heterocycles. The number of anilines is 2. The van der Waals surface area contributed by atoms with Crippen LogP contribution in [0.2, 0.25) is 0 Å². The van der Waals surface area contributed by atoms with Crippen molar-refractivity contribution in [3.8, 4) is 5.75 Å². The summed E-state index contributed by atoms with van der Waals surface area (Å²) in [7, 11) is -2.38. The second kappa shape index (κ2) is 10.3. The molecule has 3 aromatic rings. The van der Waals surface area contributed by atoms with Crippen molar-refractivity contribution in [3.63, 3.8) is 0 Å². The maximum Gasteiger partial charge on any atom is 0.294 e. The van der Waals surface area contributed by atoms with E-state index in [1.165, 1.54) is 12.1 Å². The van der Waals surface area contributed by atoms with E-state index in [0.717, 1.165) is 48.4 Å². The van der Waals surface area contributed by atoms with Crippen LogP contribution in [0.25, 0.3) is 0 Å². The van der Waals surface area contributed by atoms with E-state index in [9.17, 15) is 13.2 Å². The van der Waals surface area contributed by atoms with Gasteiger partial charge in [0, 0.05) is 17.4 Å². The minimum atomic E-state index is -4.02. The fourth-order valence-corrected chi connectivity index (χ4v) is 5.15. The molecule has 0 aromatic heterocycles. The van der Waals surface area contributed by atoms with Crippen LogP contribution in [0.1, 0.15) is 41.6 Å². The van der Waals surface area contributed by atoms with Gasteiger partial charge in [-0.25, -0.2) is 0 Å². The van der Waals surface area contributed by atoms with E-state index in [0.29, 0.717) is 5.56 Å². The largest absolute Gasteiger partial charge is 0.497 e. The lowest BCUT2D eigenvalue weighted by Crippen LogP contribution is -2.62. The molecule has 190 valence electrons. The highest BCUT2D eigenvalue weighted by Crippen LogP contribution is 2.42. The summed E-state index contributed by atoms with van der Waals surface area (Å²) in [5, 5.41) is 3.66. The number of aryl methyl sites for hydroxylation is 1. The van der Waals surface area contributed by atoms with Crippen LogP contribution in [0.4, 0.5) is 11.4 Å². The van der Waals surface area contributed by atoms with E-state index in [4.69, 9.17) is 15.0 Å². The number of para-hydroxylation sites is 1. The van der Waals surface area contributed by atoms with Gasteiger partial charge in [-0.1, -0.05) is 29.8 Å². The molecule has 1 amide bonds. The monoisotopic (exact) mass is 509 g/mol. The van der Waals surface area contributed by atoms with Crippen molar-refractivity contribution in [2.45, 2.75) is 49.2 Å². The molecule has 2 aliphatic rings. The third-order valence-electron chi connectivity index (χ3n) is 6.66. The number of amides is 1. The lowest BCUT2D eigenvalue weighted by Gasteiger charge is -2.51. The zero-order valence-corrected chi connectivity index (χ0v) is 21.2. The molecular weight excluding hydrogens is 478 g/mol. The standard InChI is InChI=1S/C20H23N3O2.C7H8O3S/c1-25-16-8-6-15(7-9-16)23-19(24)17-4-2-3-5-18(17)22-20(23)12-10-14(21)11-13-20;1-6-2-4-7(5-3-6)11(8,9)10/h2-9,14,22H,10-13,21H2,1H3;2-5H,1H3,(H,8,9,10). The lowest BCUT2D eigenvalue weighted by atomic mass is 9.82. The SMILES string of the molecule is COc1ccc(N2C(=O)c3ccccc3NC23CCC(N)CC3)cc1.Cc1ccc(S(=O)(=O)O)cc1. The van der Waals surface area contributed by atoms with Crippen molar-refractivity contribution in [1.82, 2.24) is 0 Å². The number of hydrogen-bond donors (Lipinski definition) is 3. The Morgan fingerprint density at radius 3 is 2.19 bits per heavy atom. The van der Waals surface area contributed by atoms with Gasteiger partial charge in [0.2, 0.25) is 0 Å². The first-order chi connectivity index (χ1) is 17.1. The number of methoxy groups -OCH3 is 1. The van der Waals surface area contributed by atoms with Gasteiger partial charge in [-0.05, 0) is 81.1 Å². The summed E-state index contributed by atoms with van der Waals surface area (Å²) in [6.45, 7) is 1.84. The molecule has 0 atom stereocenters. The number of hydrogen-bond acceptors (Lipinski definition) is 6. The van der Waals surface area contributed by atoms with Gasteiger partial charge in [0.05, 0.1) is 17.6 Å². The summed E-state index contributed by atoms with van der Waals surface area (Å²) >= 11 is 0. The molecule has 4 N–H and O–H groups in total. The first kappa shape index (κ1) is 25.7. The predicted octanol–water partition coefficient (Wildman–Crippen LogP) is 4.61. The molecule has 36 heavy (non-hydrogen) atoms. The summed E-state index contributed by atoms with van der Waals surface area (Å²) in [4.78, 5) is 15.2. The Morgan fingerprint density at radius 1 is 1.00 bits per heavy atom. The Kier molecular flexibility index (Phi) is 7.35. The topological polar surface area (TPSA) is 122 Å². The molecular formula is C27H31N3O5S. The summed E-state index contributed by atoms with van der Waals surface area (Å²) in [6, 6.07) is 21.6. The van der Waals surface area contributed by atoms with Crippen molar-refractivity contribution < 1.29 is 22.5 Å². The van der Waals surface area contributed by atoms with Gasteiger partial charge in [-0.3, -0.25) is 14.2 Å². The molecule has 0 bridgehead atoms. The van der Waals surface area contributed by atoms with Gasteiger partial charge in [0.15, 0.2) is 0 Å². The number of rotatable bonds is 3. The average Bonchev–Trinajstić information content (AvgIpc) is 2.86. The van der Waals surface area contributed by atoms with Crippen LogP contribution in [0.15, 0.2) is 77.7 Å². The third kappa shape index (κ3) is 5.38. The fourth-order valence-electron chi connectivity index (χ4n) is 4.67. The Balaban J connectivity index is 0.000000233. The number of nitrogens with zero attached hydrogens (tertiary/aromatic N) is 1. The van der Waals surface area contributed by atoms with Crippen LogP contribution in [0.5, 0.6) is 5.75 Å². The molecule has 1 aliphatic heterocycles. The van der Waals surface area contributed by atoms with Gasteiger partial charge >= 0.3 is 0 Å². The maximum absolute atomic E-state index is 13.4. The van der Waals surface area contributed by atoms with E-state index in [2.05, 4.69) is 5.32 Å². The molecule has 9 heteroatoms. The van der Waals surface area contributed by atoms with Gasteiger partial charge in [0.1, 0.15) is 11.4 Å². The number of fused-ring (bicyclic) bond motifs is 1. The minimum Gasteiger partial charge on any atom is -0.497 e. The summed E-state index contributed by atoms with van der Waals surface area (Å²) in [5.74, 6) is 0.816. The normalized spacial score (nSPS) is 21.2. The molecule has 1 saturated carbocycles. The number of nitrogens with two attached hydrogens (primary N) is 1. The molecule has 3 aromatic carbocycles. The van der Waals surface area contributed by atoms with Crippen LogP contribution >= 0.6 is 0 Å². The smallest absolute Gasteiger partial charge is 0.294 e. The molecule has 1 aliphatic carbocycles. The van der Waals surface area contributed by atoms with E-state index in [-0.39, 0.29) is 16.8 Å². The molecule has 0 radical (unpaired) electrons. The zero-order chi connectivity index (χ0) is 25.9. The van der Waals surface area contributed by atoms with Crippen LogP contribution in [0, 0.1) is 6.92 Å². The number of carbonyl (C=O) groups is 1. The molecule has 0 unspecified atom stereocenters. The zero-order valence-electron chi connectivity index (χ0n) is 20.3. The van der Waals surface area contributed by atoms with Crippen LogP contribution in [-0.4, -0.2) is 37.7 Å². The van der Waals surface area contributed by atoms with Crippen molar-refractivity contribution >= 4 is 27.4 Å². The maximum atomic E-state index is 13.4. The average molecular weight is 510 g/mol. The lowest BCUT2D eigenvalue weighted by molar-refractivity contribution is 0.0935. The van der Waals surface area contributed by atoms with Crippen LogP contribution < -0.4 is 20.7 Å². The number of carbonyl (C=O) groups excluding carboxylic acids is 1. The Labute approximate surface area is 211 Å². The van der Waals surface area contributed by atoms with E-state index >= 15 is 0 Å². The van der Waals surface area contributed by atoms with Gasteiger partial charge in [-0.15, -0.1) is 0 Å². The van der Waals surface area contributed by atoms with Crippen molar-refractivity contribution in [2.24, 2.45) is 5.73 Å². The van der Waals surface area contributed by atoms with Crippen molar-refractivity contribution in [3.05, 3.63) is 83.9 Å². The first-order valence-electron chi connectivity index (χ1n) is 11.8. The van der Waals surface area contributed by atoms with E-state index < -0.39 is 15.8 Å². The van der Waals surface area contributed by atoms with Crippen LogP contribution in [0.3, 0.4) is 0 Å². The molecule has 5 rings (SSSR count). The second-order valence-corrected chi connectivity index (χ2v) is 10.6. The highest BCUT2D eigenvalue weighted by Gasteiger charge is 2.47. The molecule has 1 fully saturated rings. The van der Waals surface area contributed by atoms with Gasteiger partial charge in [0.25, 0.3) is 16.0 Å². The van der Waals surface area contributed by atoms with Gasteiger partial charge in [-0.2, -0.15) is 8.42 Å².